The lowest BCUT2D eigenvalue weighted by Crippen LogP contribution is -2.10. The maximum atomic E-state index is 5.89. The Balaban J connectivity index is 2.44. The lowest BCUT2D eigenvalue weighted by atomic mass is 10.2. The molecule has 0 aliphatic rings. The number of nitrogens with one attached hydrogen (secondary N) is 1. The quantitative estimate of drug-likeness (QED) is 0.848. The Morgan fingerprint density at radius 1 is 1.38 bits per heavy atom. The summed E-state index contributed by atoms with van der Waals surface area (Å²) in [6, 6.07) is 2.18. The summed E-state index contributed by atoms with van der Waals surface area (Å²) in [6.07, 6.45) is 3.54. The van der Waals surface area contributed by atoms with Crippen molar-refractivity contribution in [3.05, 3.63) is 29.0 Å². The Morgan fingerprint density at radius 2 is 2.19 bits per heavy atom. The predicted molar refractivity (Wildman–Crippen MR) is 69.1 cm³/mol. The largest absolute Gasteiger partial charge is 0.382 e. The Hall–Kier alpha value is -1.13. The first-order valence-electron chi connectivity index (χ1n) is 4.99. The summed E-state index contributed by atoms with van der Waals surface area (Å²) >= 11 is 7.48. The second-order valence-corrected chi connectivity index (χ2v) is 4.97. The summed E-state index contributed by atoms with van der Waals surface area (Å²) in [4.78, 5) is 8.37. The summed E-state index contributed by atoms with van der Waals surface area (Å²) in [6.45, 7) is 4.17. The van der Waals surface area contributed by atoms with Gasteiger partial charge in [-0.05, 0) is 19.9 Å². The number of anilines is 1. The SMILES string of the molecule is CC(C)Nc1cc(Cl)ncc1-c1nccs1. The van der Waals surface area contributed by atoms with E-state index in [0.29, 0.717) is 11.2 Å². The van der Waals surface area contributed by atoms with Crippen molar-refractivity contribution < 1.29 is 0 Å². The molecule has 2 aromatic heterocycles. The summed E-state index contributed by atoms with van der Waals surface area (Å²) in [5, 5.41) is 6.73. The van der Waals surface area contributed by atoms with Crippen molar-refractivity contribution in [2.45, 2.75) is 19.9 Å². The minimum atomic E-state index is 0.345. The molecule has 3 nitrogen and oxygen atoms in total. The van der Waals surface area contributed by atoms with Crippen molar-refractivity contribution in [1.82, 2.24) is 9.97 Å². The highest BCUT2D eigenvalue weighted by molar-refractivity contribution is 7.13. The number of hydrogen-bond acceptors (Lipinski definition) is 4. The van der Waals surface area contributed by atoms with E-state index in [4.69, 9.17) is 11.6 Å². The third-order valence-corrected chi connectivity index (χ3v) is 2.99. The maximum Gasteiger partial charge on any atom is 0.131 e. The summed E-state index contributed by atoms with van der Waals surface area (Å²) < 4.78 is 0. The van der Waals surface area contributed by atoms with Crippen LogP contribution in [0.25, 0.3) is 10.6 Å². The average Bonchev–Trinajstić information content (AvgIpc) is 2.69. The summed E-state index contributed by atoms with van der Waals surface area (Å²) in [5.74, 6) is 0. The number of rotatable bonds is 3. The number of pyridine rings is 1. The third-order valence-electron chi connectivity index (χ3n) is 1.98. The van der Waals surface area contributed by atoms with E-state index in [0.717, 1.165) is 16.3 Å². The minimum Gasteiger partial charge on any atom is -0.382 e. The molecule has 0 spiro atoms. The molecule has 2 rings (SSSR count). The van der Waals surface area contributed by atoms with Crippen LogP contribution >= 0.6 is 22.9 Å². The Labute approximate surface area is 104 Å². The van der Waals surface area contributed by atoms with Gasteiger partial charge in [0, 0.05) is 29.5 Å². The first kappa shape index (κ1) is 11.4. The molecule has 2 aromatic rings. The minimum absolute atomic E-state index is 0.345. The monoisotopic (exact) mass is 253 g/mol. The van der Waals surface area contributed by atoms with Crippen LogP contribution in [0.3, 0.4) is 0 Å². The van der Waals surface area contributed by atoms with Crippen LogP contribution in [0.5, 0.6) is 0 Å². The van der Waals surface area contributed by atoms with Crippen LogP contribution in [0, 0.1) is 0 Å². The van der Waals surface area contributed by atoms with E-state index in [1.807, 2.05) is 11.4 Å². The molecule has 0 aromatic carbocycles. The fourth-order valence-electron chi connectivity index (χ4n) is 1.39. The third kappa shape index (κ3) is 2.51. The van der Waals surface area contributed by atoms with Gasteiger partial charge in [0.15, 0.2) is 0 Å². The Morgan fingerprint density at radius 3 is 2.81 bits per heavy atom. The molecule has 0 saturated carbocycles. The zero-order valence-electron chi connectivity index (χ0n) is 9.07. The van der Waals surface area contributed by atoms with Gasteiger partial charge in [-0.15, -0.1) is 11.3 Å². The highest BCUT2D eigenvalue weighted by Gasteiger charge is 2.09. The van der Waals surface area contributed by atoms with Crippen LogP contribution in [0.1, 0.15) is 13.8 Å². The lowest BCUT2D eigenvalue weighted by molar-refractivity contribution is 0.899. The summed E-state index contributed by atoms with van der Waals surface area (Å²) in [7, 11) is 0. The highest BCUT2D eigenvalue weighted by Crippen LogP contribution is 2.30. The molecule has 0 unspecified atom stereocenters. The van der Waals surface area contributed by atoms with E-state index in [2.05, 4.69) is 29.1 Å². The molecule has 16 heavy (non-hydrogen) atoms. The van der Waals surface area contributed by atoms with Crippen molar-refractivity contribution in [1.29, 1.82) is 0 Å². The smallest absolute Gasteiger partial charge is 0.131 e. The second kappa shape index (κ2) is 4.80. The first-order chi connectivity index (χ1) is 7.66. The van der Waals surface area contributed by atoms with E-state index < -0.39 is 0 Å². The molecular weight excluding hydrogens is 242 g/mol. The van der Waals surface area contributed by atoms with E-state index in [1.165, 1.54) is 0 Å². The van der Waals surface area contributed by atoms with Crippen LogP contribution < -0.4 is 5.32 Å². The standard InChI is InChI=1S/C11H12ClN3S/c1-7(2)15-9-5-10(12)14-6-8(9)11-13-3-4-16-11/h3-7H,1-2H3,(H,14,15). The number of halogens is 1. The van der Waals surface area contributed by atoms with Crippen molar-refractivity contribution in [2.24, 2.45) is 0 Å². The van der Waals surface area contributed by atoms with Crippen LogP contribution in [0.4, 0.5) is 5.69 Å². The van der Waals surface area contributed by atoms with Crippen molar-refractivity contribution in [3.8, 4) is 10.6 Å². The lowest BCUT2D eigenvalue weighted by Gasteiger charge is -2.13. The number of aromatic nitrogens is 2. The highest BCUT2D eigenvalue weighted by atomic mass is 35.5. The summed E-state index contributed by atoms with van der Waals surface area (Å²) in [5.41, 5.74) is 1.97. The molecule has 84 valence electrons. The van der Waals surface area contributed by atoms with Gasteiger partial charge in [-0.25, -0.2) is 9.97 Å². The number of thiazole rings is 1. The zero-order chi connectivity index (χ0) is 11.5. The molecular formula is C11H12ClN3S. The van der Waals surface area contributed by atoms with Gasteiger partial charge >= 0.3 is 0 Å². The molecule has 0 bridgehead atoms. The van der Waals surface area contributed by atoms with E-state index in [-0.39, 0.29) is 0 Å². The number of nitrogens with zero attached hydrogens (tertiary/aromatic N) is 2. The molecule has 0 aliphatic heterocycles. The Kier molecular flexibility index (Phi) is 3.41. The molecule has 2 heterocycles. The van der Waals surface area contributed by atoms with Gasteiger partial charge in [-0.1, -0.05) is 11.6 Å². The van der Waals surface area contributed by atoms with Gasteiger partial charge in [0.05, 0.1) is 5.56 Å². The molecule has 0 fully saturated rings. The molecule has 0 saturated heterocycles. The second-order valence-electron chi connectivity index (χ2n) is 3.69. The van der Waals surface area contributed by atoms with Crippen LogP contribution in [0.15, 0.2) is 23.8 Å². The molecule has 0 atom stereocenters. The van der Waals surface area contributed by atoms with Gasteiger partial charge in [-0.2, -0.15) is 0 Å². The van der Waals surface area contributed by atoms with Crippen LogP contribution in [-0.4, -0.2) is 16.0 Å². The maximum absolute atomic E-state index is 5.89. The fourth-order valence-corrected chi connectivity index (χ4v) is 2.21. The fraction of sp³-hybridized carbons (Fsp3) is 0.273. The van der Waals surface area contributed by atoms with Gasteiger partial charge in [0.2, 0.25) is 0 Å². The van der Waals surface area contributed by atoms with E-state index in [9.17, 15) is 0 Å². The van der Waals surface area contributed by atoms with Crippen molar-refractivity contribution in [3.63, 3.8) is 0 Å². The van der Waals surface area contributed by atoms with Gasteiger partial charge in [0.1, 0.15) is 10.2 Å². The molecule has 1 N–H and O–H groups in total. The number of hydrogen-bond donors (Lipinski definition) is 1. The first-order valence-corrected chi connectivity index (χ1v) is 6.24. The van der Waals surface area contributed by atoms with E-state index >= 15 is 0 Å². The van der Waals surface area contributed by atoms with Gasteiger partial charge in [-0.3, -0.25) is 0 Å². The molecule has 0 aliphatic carbocycles. The van der Waals surface area contributed by atoms with Crippen LogP contribution in [0.2, 0.25) is 5.15 Å². The van der Waals surface area contributed by atoms with Crippen molar-refractivity contribution in [2.75, 3.05) is 5.32 Å². The molecule has 0 radical (unpaired) electrons. The molecule has 0 amide bonds. The zero-order valence-corrected chi connectivity index (χ0v) is 10.6. The Bertz CT molecular complexity index is 468. The topological polar surface area (TPSA) is 37.8 Å². The van der Waals surface area contributed by atoms with Crippen LogP contribution in [-0.2, 0) is 0 Å². The van der Waals surface area contributed by atoms with Crippen molar-refractivity contribution >= 4 is 28.6 Å². The predicted octanol–water partition coefficient (Wildman–Crippen LogP) is 3.68. The normalized spacial score (nSPS) is 10.8. The van der Waals surface area contributed by atoms with E-state index in [1.54, 1.807) is 23.7 Å². The van der Waals surface area contributed by atoms with Gasteiger partial charge in [0.25, 0.3) is 0 Å². The molecule has 5 heteroatoms. The average molecular weight is 254 g/mol. The van der Waals surface area contributed by atoms with Gasteiger partial charge < -0.3 is 5.32 Å².